The second-order valence-corrected chi connectivity index (χ2v) is 2.88. The number of hydrogen-bond acceptors (Lipinski definition) is 3. The van der Waals surface area contributed by atoms with E-state index in [1.807, 2.05) is 0 Å². The number of rotatable bonds is 3. The number of phenols is 1. The summed E-state index contributed by atoms with van der Waals surface area (Å²) in [6.45, 7) is 1.72. The summed E-state index contributed by atoms with van der Waals surface area (Å²) in [5, 5.41) is 11.6. The molecule has 1 rings (SSSR count). The van der Waals surface area contributed by atoms with Crippen LogP contribution in [-0.2, 0) is 4.79 Å². The monoisotopic (exact) mass is 205 g/mol. The Morgan fingerprint density at radius 3 is 2.80 bits per heavy atom. The minimum atomic E-state index is -0.314. The smallest absolute Gasteiger partial charge is 0.248 e. The predicted octanol–water partition coefficient (Wildman–Crippen LogP) is 1.72. The molecule has 0 spiro atoms. The number of nitrogens with one attached hydrogen (secondary N) is 1. The van der Waals surface area contributed by atoms with Gasteiger partial charge in [0.25, 0.3) is 0 Å². The van der Waals surface area contributed by atoms with E-state index in [9.17, 15) is 9.59 Å². The van der Waals surface area contributed by atoms with Gasteiger partial charge in [-0.25, -0.2) is 0 Å². The molecule has 0 heterocycles. The Bertz CT molecular complexity index is 410. The maximum absolute atomic E-state index is 11.2. The number of phenolic OH excluding ortho intramolecular Hbond substituents is 1. The summed E-state index contributed by atoms with van der Waals surface area (Å²) < 4.78 is 0. The number of amides is 1. The third kappa shape index (κ3) is 2.95. The van der Waals surface area contributed by atoms with Gasteiger partial charge in [0, 0.05) is 5.56 Å². The number of hydrogen-bond donors (Lipinski definition) is 2. The van der Waals surface area contributed by atoms with Crippen molar-refractivity contribution in [3.8, 4) is 5.75 Å². The third-order valence-electron chi connectivity index (χ3n) is 1.74. The second kappa shape index (κ2) is 4.95. The van der Waals surface area contributed by atoms with Crippen LogP contribution in [0.15, 0.2) is 30.4 Å². The lowest BCUT2D eigenvalue weighted by atomic mass is 10.2. The summed E-state index contributed by atoms with van der Waals surface area (Å²) in [4.78, 5) is 21.8. The van der Waals surface area contributed by atoms with E-state index in [1.165, 1.54) is 24.3 Å². The van der Waals surface area contributed by atoms with Gasteiger partial charge in [0.05, 0.1) is 5.69 Å². The van der Waals surface area contributed by atoms with E-state index in [1.54, 1.807) is 13.0 Å². The number of carbonyl (C=O) groups is 2. The van der Waals surface area contributed by atoms with Crippen LogP contribution >= 0.6 is 0 Å². The van der Waals surface area contributed by atoms with Crippen LogP contribution in [0.3, 0.4) is 0 Å². The van der Waals surface area contributed by atoms with Crippen molar-refractivity contribution in [2.45, 2.75) is 6.92 Å². The molecule has 2 N–H and O–H groups in total. The lowest BCUT2D eigenvalue weighted by Gasteiger charge is -2.05. The lowest BCUT2D eigenvalue weighted by Crippen LogP contribution is -2.09. The molecule has 1 amide bonds. The van der Waals surface area contributed by atoms with Gasteiger partial charge in [-0.2, -0.15) is 0 Å². The van der Waals surface area contributed by atoms with Gasteiger partial charge in [0.15, 0.2) is 6.29 Å². The molecule has 4 heteroatoms. The first kappa shape index (κ1) is 11.0. The van der Waals surface area contributed by atoms with Crippen LogP contribution in [0.4, 0.5) is 5.69 Å². The number of carbonyl (C=O) groups excluding carboxylic acids is 2. The summed E-state index contributed by atoms with van der Waals surface area (Å²) in [6, 6.07) is 4.16. The SMILES string of the molecule is C/C=C/C(=O)Nc1ccc(O)cc1C=O. The van der Waals surface area contributed by atoms with E-state index in [2.05, 4.69) is 5.32 Å². The van der Waals surface area contributed by atoms with Gasteiger partial charge in [-0.1, -0.05) is 6.08 Å². The van der Waals surface area contributed by atoms with Crippen LogP contribution in [0.5, 0.6) is 5.75 Å². The zero-order valence-corrected chi connectivity index (χ0v) is 8.23. The van der Waals surface area contributed by atoms with Crippen LogP contribution in [-0.4, -0.2) is 17.3 Å². The van der Waals surface area contributed by atoms with Gasteiger partial charge in [-0.15, -0.1) is 0 Å². The van der Waals surface area contributed by atoms with E-state index in [0.717, 1.165) is 0 Å². The van der Waals surface area contributed by atoms with E-state index in [-0.39, 0.29) is 17.2 Å². The number of anilines is 1. The molecule has 4 nitrogen and oxygen atoms in total. The average molecular weight is 205 g/mol. The molecule has 15 heavy (non-hydrogen) atoms. The molecule has 1 aromatic rings. The van der Waals surface area contributed by atoms with Crippen molar-refractivity contribution in [1.29, 1.82) is 0 Å². The molecule has 1 aromatic carbocycles. The molecule has 0 aromatic heterocycles. The molecule has 78 valence electrons. The van der Waals surface area contributed by atoms with E-state index in [4.69, 9.17) is 5.11 Å². The van der Waals surface area contributed by atoms with Crippen LogP contribution in [0.25, 0.3) is 0 Å². The summed E-state index contributed by atoms with van der Waals surface area (Å²) >= 11 is 0. The van der Waals surface area contributed by atoms with Crippen LogP contribution < -0.4 is 5.32 Å². The van der Waals surface area contributed by atoms with Gasteiger partial charge in [0.1, 0.15) is 5.75 Å². The Balaban J connectivity index is 2.94. The van der Waals surface area contributed by atoms with Crippen molar-refractivity contribution in [2.75, 3.05) is 5.32 Å². The Morgan fingerprint density at radius 1 is 1.47 bits per heavy atom. The van der Waals surface area contributed by atoms with Gasteiger partial charge < -0.3 is 10.4 Å². The maximum Gasteiger partial charge on any atom is 0.248 e. The Hall–Kier alpha value is -2.10. The minimum Gasteiger partial charge on any atom is -0.508 e. The fourth-order valence-electron chi connectivity index (χ4n) is 1.09. The lowest BCUT2D eigenvalue weighted by molar-refractivity contribution is -0.111. The van der Waals surface area contributed by atoms with Gasteiger partial charge in [-0.3, -0.25) is 9.59 Å². The summed E-state index contributed by atoms with van der Waals surface area (Å²) in [6.07, 6.45) is 3.52. The zero-order chi connectivity index (χ0) is 11.3. The summed E-state index contributed by atoms with van der Waals surface area (Å²) in [5.74, 6) is -0.326. The molecule has 0 aliphatic heterocycles. The minimum absolute atomic E-state index is 0.0128. The highest BCUT2D eigenvalue weighted by molar-refractivity contribution is 6.02. The third-order valence-corrected chi connectivity index (χ3v) is 1.74. The quantitative estimate of drug-likeness (QED) is 0.448. The summed E-state index contributed by atoms with van der Waals surface area (Å²) in [5.41, 5.74) is 0.624. The molecular weight excluding hydrogens is 194 g/mol. The first-order valence-corrected chi connectivity index (χ1v) is 4.39. The van der Waals surface area contributed by atoms with Crippen molar-refractivity contribution in [1.82, 2.24) is 0 Å². The van der Waals surface area contributed by atoms with Crippen LogP contribution in [0.1, 0.15) is 17.3 Å². The first-order chi connectivity index (χ1) is 7.17. The molecule has 0 saturated heterocycles. The first-order valence-electron chi connectivity index (χ1n) is 4.39. The molecule has 0 atom stereocenters. The zero-order valence-electron chi connectivity index (χ0n) is 8.23. The number of allylic oxidation sites excluding steroid dienone is 1. The Kier molecular flexibility index (Phi) is 3.62. The van der Waals surface area contributed by atoms with Crippen molar-refractivity contribution < 1.29 is 14.7 Å². The van der Waals surface area contributed by atoms with E-state index < -0.39 is 0 Å². The van der Waals surface area contributed by atoms with Crippen molar-refractivity contribution >= 4 is 17.9 Å². The van der Waals surface area contributed by atoms with Crippen molar-refractivity contribution in [3.05, 3.63) is 35.9 Å². The number of aldehydes is 1. The standard InChI is InChI=1S/C11H11NO3/c1-2-3-11(15)12-10-5-4-9(14)6-8(10)7-13/h2-7,14H,1H3,(H,12,15)/b3-2+. The molecule has 0 unspecified atom stereocenters. The number of aromatic hydroxyl groups is 1. The van der Waals surface area contributed by atoms with Crippen LogP contribution in [0.2, 0.25) is 0 Å². The van der Waals surface area contributed by atoms with Gasteiger partial charge >= 0.3 is 0 Å². The van der Waals surface area contributed by atoms with Crippen LogP contribution in [0, 0.1) is 0 Å². The highest BCUT2D eigenvalue weighted by Gasteiger charge is 2.04. The average Bonchev–Trinajstić information content (AvgIpc) is 2.21. The maximum atomic E-state index is 11.2. The van der Waals surface area contributed by atoms with Crippen molar-refractivity contribution in [3.63, 3.8) is 0 Å². The van der Waals surface area contributed by atoms with Gasteiger partial charge in [-0.05, 0) is 31.2 Å². The molecule has 0 radical (unpaired) electrons. The highest BCUT2D eigenvalue weighted by Crippen LogP contribution is 2.19. The predicted molar refractivity (Wildman–Crippen MR) is 56.9 cm³/mol. The van der Waals surface area contributed by atoms with Gasteiger partial charge in [0.2, 0.25) is 5.91 Å². The molecule has 0 aliphatic rings. The van der Waals surface area contributed by atoms with E-state index in [0.29, 0.717) is 12.0 Å². The topological polar surface area (TPSA) is 66.4 Å². The number of benzene rings is 1. The van der Waals surface area contributed by atoms with Crippen molar-refractivity contribution in [2.24, 2.45) is 0 Å². The molecule has 0 bridgehead atoms. The van der Waals surface area contributed by atoms with E-state index >= 15 is 0 Å². The molecule has 0 fully saturated rings. The Labute approximate surface area is 87.2 Å². The summed E-state index contributed by atoms with van der Waals surface area (Å²) in [7, 11) is 0. The molecule has 0 aliphatic carbocycles. The Morgan fingerprint density at radius 2 is 2.20 bits per heavy atom. The normalized spacial score (nSPS) is 10.2. The highest BCUT2D eigenvalue weighted by atomic mass is 16.3. The second-order valence-electron chi connectivity index (χ2n) is 2.88. The molecule has 0 saturated carbocycles. The largest absolute Gasteiger partial charge is 0.508 e. The molecular formula is C11H11NO3. The fraction of sp³-hybridized carbons (Fsp3) is 0.0909. The fourth-order valence-corrected chi connectivity index (χ4v) is 1.09.